The fraction of sp³-hybridized carbons (Fsp3) is 0.615. The topological polar surface area (TPSA) is 49.3 Å². The van der Waals surface area contributed by atoms with Gasteiger partial charge in [-0.15, -0.1) is 11.3 Å². The molecule has 1 aliphatic rings. The Morgan fingerprint density at radius 3 is 2.89 bits per heavy atom. The lowest BCUT2D eigenvalue weighted by molar-refractivity contribution is 0.0697. The average molecular weight is 411 g/mol. The normalized spacial score (nSPS) is 27.3. The molecule has 19 heavy (non-hydrogen) atoms. The predicted octanol–water partition coefficient (Wildman–Crippen LogP) is 3.94. The van der Waals surface area contributed by atoms with E-state index in [1.54, 1.807) is 6.07 Å². The molecule has 2 unspecified atom stereocenters. The molecule has 1 aromatic rings. The highest BCUT2D eigenvalue weighted by Crippen LogP contribution is 2.35. The molecule has 0 bridgehead atoms. The van der Waals surface area contributed by atoms with E-state index in [9.17, 15) is 9.90 Å². The van der Waals surface area contributed by atoms with E-state index in [0.29, 0.717) is 11.5 Å². The molecule has 0 radical (unpaired) electrons. The van der Waals surface area contributed by atoms with Crippen molar-refractivity contribution < 1.29 is 9.90 Å². The average Bonchev–Trinajstić information content (AvgIpc) is 2.68. The monoisotopic (exact) mass is 409 g/mol. The fourth-order valence-corrected chi connectivity index (χ4v) is 5.55. The second kappa shape index (κ2) is 6.24. The van der Waals surface area contributed by atoms with E-state index in [1.165, 1.54) is 17.8 Å². The van der Waals surface area contributed by atoms with E-state index < -0.39 is 5.54 Å². The van der Waals surface area contributed by atoms with E-state index in [0.717, 1.165) is 26.8 Å². The summed E-state index contributed by atoms with van der Waals surface area (Å²) in [7, 11) is 0. The molecule has 0 spiro atoms. The maximum absolute atomic E-state index is 12.4. The summed E-state index contributed by atoms with van der Waals surface area (Å²) < 4.78 is 1.73. The Morgan fingerprint density at radius 1 is 1.63 bits per heavy atom. The molecule has 6 heteroatoms. The van der Waals surface area contributed by atoms with Gasteiger partial charge in [-0.2, -0.15) is 0 Å². The van der Waals surface area contributed by atoms with Crippen molar-refractivity contribution in [2.45, 2.75) is 38.1 Å². The Labute approximate surface area is 134 Å². The zero-order chi connectivity index (χ0) is 14.0. The van der Waals surface area contributed by atoms with E-state index in [2.05, 4.69) is 44.1 Å². The molecule has 2 rings (SSSR count). The van der Waals surface area contributed by atoms with Gasteiger partial charge in [-0.05, 0) is 56.7 Å². The van der Waals surface area contributed by atoms with Crippen molar-refractivity contribution in [1.29, 1.82) is 0 Å². The minimum absolute atomic E-state index is 0.00596. The Morgan fingerprint density at radius 2 is 2.37 bits per heavy atom. The van der Waals surface area contributed by atoms with Gasteiger partial charge in [0.25, 0.3) is 5.91 Å². The number of halogens is 2. The van der Waals surface area contributed by atoms with Crippen molar-refractivity contribution in [3.8, 4) is 0 Å². The van der Waals surface area contributed by atoms with E-state index in [4.69, 9.17) is 0 Å². The molecule has 0 aliphatic heterocycles. The van der Waals surface area contributed by atoms with Crippen LogP contribution in [0.25, 0.3) is 0 Å². The highest BCUT2D eigenvalue weighted by atomic mass is 79.9. The third-order valence-corrected chi connectivity index (χ3v) is 6.01. The number of carbonyl (C=O) groups is 1. The predicted molar refractivity (Wildman–Crippen MR) is 84.6 cm³/mol. The molecule has 1 fully saturated rings. The lowest BCUT2D eigenvalue weighted by Gasteiger charge is -2.39. The highest BCUT2D eigenvalue weighted by molar-refractivity contribution is 9.12. The van der Waals surface area contributed by atoms with E-state index >= 15 is 0 Å². The van der Waals surface area contributed by atoms with Crippen LogP contribution in [0.2, 0.25) is 0 Å². The zero-order valence-electron chi connectivity index (χ0n) is 10.7. The molecule has 1 aromatic heterocycles. The molecule has 0 saturated heterocycles. The Hall–Kier alpha value is 0.0900. The van der Waals surface area contributed by atoms with Crippen LogP contribution < -0.4 is 5.32 Å². The molecule has 3 nitrogen and oxygen atoms in total. The van der Waals surface area contributed by atoms with Crippen molar-refractivity contribution >= 4 is 49.1 Å². The first-order valence-corrected chi connectivity index (χ1v) is 8.74. The van der Waals surface area contributed by atoms with Crippen molar-refractivity contribution in [2.24, 2.45) is 5.92 Å². The highest BCUT2D eigenvalue weighted by Gasteiger charge is 2.36. The zero-order valence-corrected chi connectivity index (χ0v) is 14.7. The van der Waals surface area contributed by atoms with Crippen LogP contribution in [0.1, 0.15) is 43.0 Å². The molecule has 106 valence electrons. The smallest absolute Gasteiger partial charge is 0.253 e. The number of hydrogen-bond acceptors (Lipinski definition) is 3. The summed E-state index contributed by atoms with van der Waals surface area (Å²) >= 11 is 8.25. The number of aliphatic hydroxyl groups excluding tert-OH is 1. The molecule has 2 atom stereocenters. The molecule has 1 aliphatic carbocycles. The van der Waals surface area contributed by atoms with Crippen molar-refractivity contribution in [1.82, 2.24) is 5.32 Å². The maximum Gasteiger partial charge on any atom is 0.253 e. The van der Waals surface area contributed by atoms with Crippen LogP contribution in [0, 0.1) is 5.92 Å². The second-order valence-electron chi connectivity index (χ2n) is 5.33. The second-order valence-corrected chi connectivity index (χ2v) is 9.08. The quantitative estimate of drug-likeness (QED) is 0.792. The third kappa shape index (κ3) is 3.60. The van der Waals surface area contributed by atoms with Crippen LogP contribution in [0.15, 0.2) is 13.6 Å². The van der Waals surface area contributed by atoms with Crippen LogP contribution in [-0.2, 0) is 0 Å². The van der Waals surface area contributed by atoms with Gasteiger partial charge in [0.1, 0.15) is 0 Å². The SMILES string of the molecule is CC1CCCC(CO)(NC(=O)c2cc(Br)sc2Br)C1. The minimum atomic E-state index is -0.456. The number of carbonyl (C=O) groups excluding carboxylic acids is 1. The van der Waals surface area contributed by atoms with Gasteiger partial charge in [0.2, 0.25) is 0 Å². The van der Waals surface area contributed by atoms with Gasteiger partial charge in [-0.1, -0.05) is 19.8 Å². The standard InChI is InChI=1S/C13H17Br2NO2S/c1-8-3-2-4-13(6-8,7-17)16-12(18)9-5-10(14)19-11(9)15/h5,8,17H,2-4,6-7H2,1H3,(H,16,18). The molecule has 1 amide bonds. The van der Waals surface area contributed by atoms with Gasteiger partial charge in [-0.3, -0.25) is 4.79 Å². The lowest BCUT2D eigenvalue weighted by Crippen LogP contribution is -2.53. The van der Waals surface area contributed by atoms with E-state index in [1.807, 2.05) is 0 Å². The summed E-state index contributed by atoms with van der Waals surface area (Å²) in [5, 5.41) is 12.7. The van der Waals surface area contributed by atoms with Gasteiger partial charge >= 0.3 is 0 Å². The third-order valence-electron chi connectivity index (χ3n) is 3.67. The maximum atomic E-state index is 12.4. The summed E-state index contributed by atoms with van der Waals surface area (Å²) in [5.74, 6) is 0.427. The number of hydrogen-bond donors (Lipinski definition) is 2. The van der Waals surface area contributed by atoms with Crippen LogP contribution in [-0.4, -0.2) is 23.2 Å². The Balaban J connectivity index is 2.14. The van der Waals surface area contributed by atoms with Crippen LogP contribution in [0.5, 0.6) is 0 Å². The van der Waals surface area contributed by atoms with Crippen LogP contribution >= 0.6 is 43.2 Å². The molecule has 1 saturated carbocycles. The Kier molecular flexibility index (Phi) is 5.09. The lowest BCUT2D eigenvalue weighted by atomic mass is 9.76. The van der Waals surface area contributed by atoms with Gasteiger partial charge in [-0.25, -0.2) is 0 Å². The van der Waals surface area contributed by atoms with Gasteiger partial charge in [0, 0.05) is 0 Å². The molecular formula is C13H17Br2NO2S. The number of thiophene rings is 1. The summed E-state index contributed by atoms with van der Waals surface area (Å²) in [5.41, 5.74) is 0.172. The number of rotatable bonds is 3. The largest absolute Gasteiger partial charge is 0.394 e. The first-order valence-electron chi connectivity index (χ1n) is 6.34. The van der Waals surface area contributed by atoms with Crippen molar-refractivity contribution in [2.75, 3.05) is 6.61 Å². The molecule has 2 N–H and O–H groups in total. The molecule has 1 heterocycles. The van der Waals surface area contributed by atoms with Crippen LogP contribution in [0.3, 0.4) is 0 Å². The van der Waals surface area contributed by atoms with Crippen molar-refractivity contribution in [3.63, 3.8) is 0 Å². The summed E-state index contributed by atoms with van der Waals surface area (Å²) in [6.07, 6.45) is 3.92. The summed E-state index contributed by atoms with van der Waals surface area (Å²) in [4.78, 5) is 12.4. The first kappa shape index (κ1) is 15.5. The van der Waals surface area contributed by atoms with E-state index in [-0.39, 0.29) is 12.5 Å². The van der Waals surface area contributed by atoms with Crippen molar-refractivity contribution in [3.05, 3.63) is 19.2 Å². The first-order chi connectivity index (χ1) is 8.96. The number of aliphatic hydroxyl groups is 1. The number of amides is 1. The van der Waals surface area contributed by atoms with Gasteiger partial charge in [0.05, 0.1) is 25.3 Å². The van der Waals surface area contributed by atoms with Crippen LogP contribution in [0.4, 0.5) is 0 Å². The summed E-state index contributed by atoms with van der Waals surface area (Å²) in [6, 6.07) is 1.81. The Bertz CT molecular complexity index is 477. The van der Waals surface area contributed by atoms with Gasteiger partial charge in [0.15, 0.2) is 0 Å². The minimum Gasteiger partial charge on any atom is -0.394 e. The fourth-order valence-electron chi connectivity index (χ4n) is 2.76. The summed E-state index contributed by atoms with van der Waals surface area (Å²) in [6.45, 7) is 2.18. The molecule has 0 aromatic carbocycles. The number of nitrogens with one attached hydrogen (secondary N) is 1. The van der Waals surface area contributed by atoms with Gasteiger partial charge < -0.3 is 10.4 Å². The molecular weight excluding hydrogens is 394 g/mol.